The Morgan fingerprint density at radius 3 is 2.76 bits per heavy atom. The van der Waals surface area contributed by atoms with Crippen molar-refractivity contribution in [3.05, 3.63) is 11.6 Å². The number of rotatable bonds is 0. The number of carbonyl (C=O) groups is 1. The molecule has 0 aliphatic heterocycles. The Balaban J connectivity index is 1.75. The maximum Gasteiger partial charge on any atom is 0.155 e. The molecular weight excluding hydrogens is 308 g/mol. The molecule has 3 fully saturated rings. The molecule has 4 aliphatic carbocycles. The minimum Gasteiger partial charge on any atom is -0.393 e. The average Bonchev–Trinajstić information content (AvgIpc) is 2.89. The minimum atomic E-state index is -0.128. The largest absolute Gasteiger partial charge is 0.393 e. The van der Waals surface area contributed by atoms with Gasteiger partial charge in [-0.3, -0.25) is 4.79 Å². The van der Waals surface area contributed by atoms with Crippen molar-refractivity contribution < 1.29 is 9.90 Å². The zero-order chi connectivity index (χ0) is 17.8. The molecule has 3 saturated carbocycles. The van der Waals surface area contributed by atoms with E-state index < -0.39 is 0 Å². The van der Waals surface area contributed by atoms with Gasteiger partial charge in [0.05, 0.1) is 6.10 Å². The minimum absolute atomic E-state index is 0.103. The van der Waals surface area contributed by atoms with Gasteiger partial charge in [-0.15, -0.1) is 5.92 Å². The molecule has 4 rings (SSSR count). The summed E-state index contributed by atoms with van der Waals surface area (Å²) in [6, 6.07) is 0. The summed E-state index contributed by atoms with van der Waals surface area (Å²) in [5, 5.41) is 10.6. The van der Waals surface area contributed by atoms with E-state index in [0.29, 0.717) is 30.0 Å². The Morgan fingerprint density at radius 1 is 1.20 bits per heavy atom. The second-order valence-electron chi connectivity index (χ2n) is 9.46. The lowest BCUT2D eigenvalue weighted by Crippen LogP contribution is -2.53. The Labute approximate surface area is 152 Å². The average molecular weight is 341 g/mol. The third kappa shape index (κ3) is 2.46. The topological polar surface area (TPSA) is 37.3 Å². The third-order valence-corrected chi connectivity index (χ3v) is 8.41. The van der Waals surface area contributed by atoms with Crippen molar-refractivity contribution in [2.75, 3.05) is 0 Å². The fraction of sp³-hybridized carbons (Fsp3) is 0.783. The second kappa shape index (κ2) is 5.98. The molecule has 2 nitrogen and oxygen atoms in total. The van der Waals surface area contributed by atoms with Crippen LogP contribution in [0.15, 0.2) is 11.6 Å². The Kier molecular flexibility index (Phi) is 4.15. The van der Waals surface area contributed by atoms with E-state index in [2.05, 4.69) is 32.6 Å². The van der Waals surface area contributed by atoms with E-state index in [9.17, 15) is 9.90 Å². The molecular formula is C23H32O2. The van der Waals surface area contributed by atoms with Crippen molar-refractivity contribution in [2.45, 2.75) is 78.2 Å². The van der Waals surface area contributed by atoms with Gasteiger partial charge in [-0.05, 0) is 78.8 Å². The summed E-state index contributed by atoms with van der Waals surface area (Å²) in [6.45, 7) is 6.84. The lowest BCUT2D eigenvalue weighted by molar-refractivity contribution is -0.118. The van der Waals surface area contributed by atoms with Gasteiger partial charge in [-0.2, -0.15) is 0 Å². The molecule has 0 radical (unpaired) electrons. The lowest BCUT2D eigenvalue weighted by atomic mass is 9.45. The van der Waals surface area contributed by atoms with Crippen LogP contribution in [-0.4, -0.2) is 17.0 Å². The molecule has 4 aliphatic rings. The van der Waals surface area contributed by atoms with Gasteiger partial charge in [0.15, 0.2) is 5.78 Å². The fourth-order valence-corrected chi connectivity index (χ4v) is 6.98. The summed E-state index contributed by atoms with van der Waals surface area (Å²) in [5.74, 6) is 9.31. The van der Waals surface area contributed by atoms with Crippen molar-refractivity contribution >= 4 is 5.78 Å². The third-order valence-electron chi connectivity index (χ3n) is 8.41. The van der Waals surface area contributed by atoms with Crippen LogP contribution in [0.3, 0.4) is 0 Å². The van der Waals surface area contributed by atoms with E-state index >= 15 is 0 Å². The maximum atomic E-state index is 12.2. The normalized spacial score (nSPS) is 48.6. The highest BCUT2D eigenvalue weighted by Gasteiger charge is 2.60. The van der Waals surface area contributed by atoms with E-state index in [0.717, 1.165) is 32.1 Å². The molecule has 2 unspecified atom stereocenters. The predicted molar refractivity (Wildman–Crippen MR) is 99.7 cm³/mol. The van der Waals surface area contributed by atoms with Gasteiger partial charge >= 0.3 is 0 Å². The SMILES string of the molecule is CCC#CC1C[C@@H]2[C@@H](CC[C@]3(C)C(O)CC[C@@H]23)[C@@]2(C)CCC(=O)C=C12. The van der Waals surface area contributed by atoms with Gasteiger partial charge in [0.2, 0.25) is 0 Å². The van der Waals surface area contributed by atoms with Crippen LogP contribution in [0.2, 0.25) is 0 Å². The Bertz CT molecular complexity index is 665. The number of fused-ring (bicyclic) bond motifs is 5. The highest BCUT2D eigenvalue weighted by atomic mass is 16.3. The summed E-state index contributed by atoms with van der Waals surface area (Å²) in [7, 11) is 0. The Hall–Kier alpha value is -1.07. The number of hydrogen-bond donors (Lipinski definition) is 1. The molecule has 0 aromatic carbocycles. The van der Waals surface area contributed by atoms with E-state index in [-0.39, 0.29) is 22.9 Å². The van der Waals surface area contributed by atoms with Gasteiger partial charge in [0, 0.05) is 18.8 Å². The number of aliphatic hydroxyl groups is 1. The molecule has 0 saturated heterocycles. The fourth-order valence-electron chi connectivity index (χ4n) is 6.98. The van der Waals surface area contributed by atoms with Crippen LogP contribution >= 0.6 is 0 Å². The van der Waals surface area contributed by atoms with Gasteiger partial charge in [0.25, 0.3) is 0 Å². The number of ketones is 1. The van der Waals surface area contributed by atoms with Crippen molar-refractivity contribution in [1.82, 2.24) is 0 Å². The van der Waals surface area contributed by atoms with E-state index in [4.69, 9.17) is 0 Å². The maximum absolute atomic E-state index is 12.2. The zero-order valence-corrected chi connectivity index (χ0v) is 16.0. The van der Waals surface area contributed by atoms with Crippen molar-refractivity contribution in [3.8, 4) is 11.8 Å². The quantitative estimate of drug-likeness (QED) is 0.658. The molecule has 0 amide bonds. The first-order valence-electron chi connectivity index (χ1n) is 10.3. The molecule has 25 heavy (non-hydrogen) atoms. The molecule has 2 heteroatoms. The van der Waals surface area contributed by atoms with Gasteiger partial charge in [0.1, 0.15) is 0 Å². The van der Waals surface area contributed by atoms with Gasteiger partial charge in [-0.1, -0.05) is 26.7 Å². The summed E-state index contributed by atoms with van der Waals surface area (Å²) >= 11 is 0. The Morgan fingerprint density at radius 2 is 2.00 bits per heavy atom. The summed E-state index contributed by atoms with van der Waals surface area (Å²) in [6.07, 6.45) is 9.97. The monoisotopic (exact) mass is 340 g/mol. The number of aliphatic hydroxyl groups excluding tert-OH is 1. The summed E-state index contributed by atoms with van der Waals surface area (Å²) in [5.41, 5.74) is 1.58. The van der Waals surface area contributed by atoms with E-state index in [1.165, 1.54) is 18.4 Å². The highest BCUT2D eigenvalue weighted by Crippen LogP contribution is 2.66. The molecule has 0 bridgehead atoms. The van der Waals surface area contributed by atoms with Crippen LogP contribution in [0.1, 0.15) is 72.1 Å². The number of allylic oxidation sites excluding steroid dienone is 1. The van der Waals surface area contributed by atoms with Crippen LogP contribution in [0.4, 0.5) is 0 Å². The van der Waals surface area contributed by atoms with E-state index in [1.54, 1.807) is 0 Å². The number of hydrogen-bond acceptors (Lipinski definition) is 2. The standard InChI is InChI=1S/C23H32O2/c1-4-5-6-15-13-17-18-7-8-21(25)23(18,3)12-10-19(17)22(2)11-9-16(24)14-20(15)22/h14-15,17-19,21,25H,4,7-13H2,1-3H3/t15?,17-,18-,19+,21?,22+,23-/m0/s1. The highest BCUT2D eigenvalue weighted by molar-refractivity contribution is 5.92. The van der Waals surface area contributed by atoms with E-state index in [1.807, 2.05) is 6.08 Å². The molecule has 7 atom stereocenters. The molecule has 0 heterocycles. The van der Waals surface area contributed by atoms with Crippen molar-refractivity contribution in [3.63, 3.8) is 0 Å². The van der Waals surface area contributed by atoms with Crippen LogP contribution in [0, 0.1) is 46.3 Å². The molecule has 136 valence electrons. The second-order valence-corrected chi connectivity index (χ2v) is 9.46. The zero-order valence-electron chi connectivity index (χ0n) is 16.0. The van der Waals surface area contributed by atoms with Crippen LogP contribution in [-0.2, 0) is 4.79 Å². The molecule has 0 aromatic heterocycles. The summed E-state index contributed by atoms with van der Waals surface area (Å²) in [4.78, 5) is 12.2. The lowest BCUT2D eigenvalue weighted by Gasteiger charge is -2.59. The number of carbonyl (C=O) groups excluding carboxylic acids is 1. The first kappa shape index (κ1) is 17.3. The van der Waals surface area contributed by atoms with Crippen molar-refractivity contribution in [1.29, 1.82) is 0 Å². The summed E-state index contributed by atoms with van der Waals surface area (Å²) < 4.78 is 0. The van der Waals surface area contributed by atoms with Crippen molar-refractivity contribution in [2.24, 2.45) is 34.5 Å². The van der Waals surface area contributed by atoms with Crippen LogP contribution in [0.5, 0.6) is 0 Å². The smallest absolute Gasteiger partial charge is 0.155 e. The van der Waals surface area contributed by atoms with Crippen LogP contribution in [0.25, 0.3) is 0 Å². The van der Waals surface area contributed by atoms with Crippen LogP contribution < -0.4 is 0 Å². The van der Waals surface area contributed by atoms with Gasteiger partial charge in [-0.25, -0.2) is 0 Å². The van der Waals surface area contributed by atoms with Gasteiger partial charge < -0.3 is 5.11 Å². The molecule has 0 aromatic rings. The first-order chi connectivity index (χ1) is 11.9. The molecule has 1 N–H and O–H groups in total. The molecule has 0 spiro atoms. The predicted octanol–water partition coefficient (Wildman–Crippen LogP) is 4.52. The first-order valence-corrected chi connectivity index (χ1v) is 10.3.